The lowest BCUT2D eigenvalue weighted by atomic mass is 10.4. The standard InChI is InChI=1S/C8H15N3O6S2/c1-5(12)11(8(18)4-19(15,16)17)7(14)3-10-6(13)2-9/h8,18H,2-4,9H2,1H3,(H,10,13)(H,15,16,17). The molecule has 0 saturated carbocycles. The molecule has 11 heteroatoms. The van der Waals surface area contributed by atoms with E-state index in [4.69, 9.17) is 10.3 Å². The van der Waals surface area contributed by atoms with E-state index in [0.717, 1.165) is 6.92 Å². The summed E-state index contributed by atoms with van der Waals surface area (Å²) in [5, 5.41) is 0.780. The fraction of sp³-hybridized carbons (Fsp3) is 0.625. The molecule has 0 saturated heterocycles. The molecule has 0 bridgehead atoms. The maximum Gasteiger partial charge on any atom is 0.267 e. The van der Waals surface area contributed by atoms with Crippen LogP contribution in [0, 0.1) is 0 Å². The summed E-state index contributed by atoms with van der Waals surface area (Å²) in [6.45, 7) is 0.163. The molecule has 0 radical (unpaired) electrons. The van der Waals surface area contributed by atoms with Gasteiger partial charge in [-0.2, -0.15) is 21.0 Å². The highest BCUT2D eigenvalue weighted by atomic mass is 32.2. The number of carbonyl (C=O) groups excluding carboxylic acids is 3. The fourth-order valence-electron chi connectivity index (χ4n) is 1.15. The molecular formula is C8H15N3O6S2. The Morgan fingerprint density at radius 2 is 1.95 bits per heavy atom. The zero-order valence-electron chi connectivity index (χ0n) is 10.1. The van der Waals surface area contributed by atoms with Crippen molar-refractivity contribution in [3.8, 4) is 0 Å². The number of imide groups is 1. The molecule has 0 heterocycles. The zero-order valence-corrected chi connectivity index (χ0v) is 11.8. The van der Waals surface area contributed by atoms with Crippen LogP contribution in [0.3, 0.4) is 0 Å². The Hall–Kier alpha value is -1.17. The highest BCUT2D eigenvalue weighted by molar-refractivity contribution is 7.88. The van der Waals surface area contributed by atoms with E-state index in [0.29, 0.717) is 4.90 Å². The van der Waals surface area contributed by atoms with E-state index in [2.05, 4.69) is 17.9 Å². The van der Waals surface area contributed by atoms with Crippen molar-refractivity contribution >= 4 is 40.5 Å². The average molecular weight is 313 g/mol. The van der Waals surface area contributed by atoms with Gasteiger partial charge in [-0.3, -0.25) is 23.8 Å². The third kappa shape index (κ3) is 7.10. The number of nitrogens with zero attached hydrogens (tertiary/aromatic N) is 1. The van der Waals surface area contributed by atoms with Gasteiger partial charge >= 0.3 is 0 Å². The summed E-state index contributed by atoms with van der Waals surface area (Å²) in [6, 6.07) is 0. The van der Waals surface area contributed by atoms with Gasteiger partial charge in [-0.25, -0.2) is 0 Å². The Kier molecular flexibility index (Phi) is 6.97. The van der Waals surface area contributed by atoms with Gasteiger partial charge in [0, 0.05) is 6.92 Å². The van der Waals surface area contributed by atoms with Crippen LogP contribution in [0.5, 0.6) is 0 Å². The molecule has 0 aliphatic heterocycles. The molecule has 1 unspecified atom stereocenters. The van der Waals surface area contributed by atoms with Crippen molar-refractivity contribution in [2.24, 2.45) is 5.73 Å². The molecule has 9 nitrogen and oxygen atoms in total. The number of hydrogen-bond acceptors (Lipinski definition) is 7. The maximum absolute atomic E-state index is 11.7. The van der Waals surface area contributed by atoms with E-state index < -0.39 is 45.5 Å². The number of thiol groups is 1. The summed E-state index contributed by atoms with van der Waals surface area (Å²) in [5.41, 5.74) is 5.01. The average Bonchev–Trinajstić information content (AvgIpc) is 2.22. The smallest absolute Gasteiger partial charge is 0.267 e. The van der Waals surface area contributed by atoms with Gasteiger partial charge in [0.1, 0.15) is 5.75 Å². The van der Waals surface area contributed by atoms with Gasteiger partial charge in [-0.1, -0.05) is 0 Å². The van der Waals surface area contributed by atoms with Crippen LogP contribution in [0.1, 0.15) is 6.92 Å². The van der Waals surface area contributed by atoms with E-state index in [1.54, 1.807) is 0 Å². The molecule has 0 fully saturated rings. The minimum atomic E-state index is -4.40. The first kappa shape index (κ1) is 17.8. The number of nitrogens with one attached hydrogen (secondary N) is 1. The quantitative estimate of drug-likeness (QED) is 0.242. The highest BCUT2D eigenvalue weighted by Crippen LogP contribution is 2.08. The van der Waals surface area contributed by atoms with Crippen molar-refractivity contribution in [2.75, 3.05) is 18.8 Å². The van der Waals surface area contributed by atoms with Gasteiger partial charge in [-0.05, 0) is 0 Å². The Morgan fingerprint density at radius 3 is 2.32 bits per heavy atom. The second kappa shape index (κ2) is 7.43. The number of nitrogens with two attached hydrogens (primary N) is 1. The fourth-order valence-corrected chi connectivity index (χ4v) is 2.53. The third-order valence-electron chi connectivity index (χ3n) is 1.89. The maximum atomic E-state index is 11.7. The number of carbonyl (C=O) groups is 3. The summed E-state index contributed by atoms with van der Waals surface area (Å²) in [4.78, 5) is 34.3. The van der Waals surface area contributed by atoms with Crippen LogP contribution in [0.15, 0.2) is 0 Å². The normalized spacial score (nSPS) is 12.6. The first-order valence-electron chi connectivity index (χ1n) is 5.01. The molecule has 4 N–H and O–H groups in total. The van der Waals surface area contributed by atoms with Gasteiger partial charge in [-0.15, -0.1) is 0 Å². The minimum absolute atomic E-state index is 0.331. The molecule has 0 aliphatic rings. The summed E-state index contributed by atoms with van der Waals surface area (Å²) >= 11 is 3.77. The van der Waals surface area contributed by atoms with Crippen molar-refractivity contribution < 1.29 is 27.4 Å². The predicted molar refractivity (Wildman–Crippen MR) is 68.8 cm³/mol. The minimum Gasteiger partial charge on any atom is -0.346 e. The number of rotatable bonds is 6. The topological polar surface area (TPSA) is 147 Å². The van der Waals surface area contributed by atoms with Gasteiger partial charge in [0.05, 0.1) is 18.5 Å². The molecular weight excluding hydrogens is 298 g/mol. The predicted octanol–water partition coefficient (Wildman–Crippen LogP) is -2.42. The first-order chi connectivity index (χ1) is 8.58. The van der Waals surface area contributed by atoms with Crippen LogP contribution in [-0.4, -0.2) is 59.8 Å². The van der Waals surface area contributed by atoms with Crippen molar-refractivity contribution in [1.29, 1.82) is 0 Å². The monoisotopic (exact) mass is 313 g/mol. The molecule has 0 aromatic heterocycles. The molecule has 3 amide bonds. The lowest BCUT2D eigenvalue weighted by Crippen LogP contribution is -2.48. The van der Waals surface area contributed by atoms with Gasteiger partial charge in [0.15, 0.2) is 0 Å². The zero-order chi connectivity index (χ0) is 15.2. The van der Waals surface area contributed by atoms with Crippen molar-refractivity contribution in [3.63, 3.8) is 0 Å². The SMILES string of the molecule is CC(=O)N(C(=O)CNC(=O)CN)C(S)CS(=O)(=O)O. The number of amides is 3. The molecule has 0 rings (SSSR count). The van der Waals surface area contributed by atoms with Crippen LogP contribution in [0.25, 0.3) is 0 Å². The van der Waals surface area contributed by atoms with Crippen LogP contribution < -0.4 is 11.1 Å². The van der Waals surface area contributed by atoms with Crippen molar-refractivity contribution in [3.05, 3.63) is 0 Å². The molecule has 110 valence electrons. The van der Waals surface area contributed by atoms with E-state index in [1.807, 2.05) is 0 Å². The lowest BCUT2D eigenvalue weighted by molar-refractivity contribution is -0.144. The molecule has 19 heavy (non-hydrogen) atoms. The van der Waals surface area contributed by atoms with Crippen LogP contribution >= 0.6 is 12.6 Å². The lowest BCUT2D eigenvalue weighted by Gasteiger charge is -2.24. The van der Waals surface area contributed by atoms with Crippen molar-refractivity contribution in [2.45, 2.75) is 12.3 Å². The Balaban J connectivity index is 4.77. The molecule has 1 atom stereocenters. The van der Waals surface area contributed by atoms with Gasteiger partial charge < -0.3 is 11.1 Å². The Morgan fingerprint density at radius 1 is 1.42 bits per heavy atom. The first-order valence-corrected chi connectivity index (χ1v) is 7.13. The summed E-state index contributed by atoms with van der Waals surface area (Å²) in [5.74, 6) is -3.15. The highest BCUT2D eigenvalue weighted by Gasteiger charge is 2.28. The van der Waals surface area contributed by atoms with Gasteiger partial charge in [0.25, 0.3) is 10.1 Å². The summed E-state index contributed by atoms with van der Waals surface area (Å²) in [7, 11) is -4.40. The summed E-state index contributed by atoms with van der Waals surface area (Å²) < 4.78 is 30.0. The van der Waals surface area contributed by atoms with Crippen molar-refractivity contribution in [1.82, 2.24) is 10.2 Å². The second-order valence-electron chi connectivity index (χ2n) is 3.49. The second-order valence-corrected chi connectivity index (χ2v) is 5.59. The van der Waals surface area contributed by atoms with Gasteiger partial charge in [0.2, 0.25) is 17.7 Å². The van der Waals surface area contributed by atoms with Crippen LogP contribution in [0.4, 0.5) is 0 Å². The molecule has 0 aromatic carbocycles. The van der Waals surface area contributed by atoms with E-state index >= 15 is 0 Å². The largest absolute Gasteiger partial charge is 0.346 e. The molecule has 0 aliphatic carbocycles. The number of hydrogen-bond donors (Lipinski definition) is 4. The molecule has 0 aromatic rings. The molecule has 0 spiro atoms. The van der Waals surface area contributed by atoms with E-state index in [9.17, 15) is 22.8 Å². The summed E-state index contributed by atoms with van der Waals surface area (Å²) in [6.07, 6.45) is 0. The van der Waals surface area contributed by atoms with Crippen LogP contribution in [-0.2, 0) is 24.5 Å². The Bertz CT molecular complexity index is 463. The van der Waals surface area contributed by atoms with E-state index in [-0.39, 0.29) is 6.54 Å². The van der Waals surface area contributed by atoms with E-state index in [1.165, 1.54) is 0 Å². The Labute approximate surface area is 115 Å². The van der Waals surface area contributed by atoms with Crippen LogP contribution in [0.2, 0.25) is 0 Å². The third-order valence-corrected chi connectivity index (χ3v) is 3.29.